The second-order valence-electron chi connectivity index (χ2n) is 8.53. The molecule has 0 aliphatic rings. The fourth-order valence-electron chi connectivity index (χ4n) is 3.46. The summed E-state index contributed by atoms with van der Waals surface area (Å²) in [6.45, 7) is 3.87. The molecule has 38 heavy (non-hydrogen) atoms. The van der Waals surface area contributed by atoms with Crippen molar-refractivity contribution in [2.75, 3.05) is 7.11 Å². The Morgan fingerprint density at radius 3 is 2.53 bits per heavy atom. The molecule has 0 spiro atoms. The molecule has 10 heteroatoms. The van der Waals surface area contributed by atoms with Crippen molar-refractivity contribution >= 4 is 52.2 Å². The lowest BCUT2D eigenvalue weighted by molar-refractivity contribution is -0.123. The van der Waals surface area contributed by atoms with Crippen LogP contribution in [0, 0.1) is 20.8 Å². The molecule has 3 aromatic rings. The highest BCUT2D eigenvalue weighted by Crippen LogP contribution is 2.34. The van der Waals surface area contributed by atoms with Crippen molar-refractivity contribution in [3.63, 3.8) is 0 Å². The second kappa shape index (κ2) is 13.8. The van der Waals surface area contributed by atoms with E-state index >= 15 is 0 Å². The first-order valence-electron chi connectivity index (χ1n) is 11.6. The van der Waals surface area contributed by atoms with Crippen molar-refractivity contribution in [1.29, 1.82) is 5.26 Å². The van der Waals surface area contributed by atoms with Gasteiger partial charge in [-0.2, -0.15) is 10.4 Å². The molecule has 0 heterocycles. The Labute approximate surface area is 240 Å². The highest BCUT2D eigenvalue weighted by Gasteiger charge is 2.24. The standard InChI is InChI=1S/C28H26ClIN4O4/c1-17(2)25(33-27(35)19-8-10-22(29)11-9-19)28(36)34-32-15-18-12-23(30)26(24(13-18)37-3)38-16-21-7-5-4-6-20(21)14-31/h4-13,15,17,25H,16H2,1-3H3,(H,33,35)(H,34,36). The van der Waals surface area contributed by atoms with E-state index in [2.05, 4.69) is 44.5 Å². The van der Waals surface area contributed by atoms with Crippen molar-refractivity contribution in [3.8, 4) is 17.6 Å². The lowest BCUT2D eigenvalue weighted by atomic mass is 10.0. The van der Waals surface area contributed by atoms with Crippen LogP contribution in [0.25, 0.3) is 0 Å². The minimum Gasteiger partial charge on any atom is -0.493 e. The number of nitrogens with one attached hydrogen (secondary N) is 2. The summed E-state index contributed by atoms with van der Waals surface area (Å²) in [4.78, 5) is 25.4. The van der Waals surface area contributed by atoms with Crippen LogP contribution in [0.5, 0.6) is 11.5 Å². The van der Waals surface area contributed by atoms with Gasteiger partial charge in [0.1, 0.15) is 12.6 Å². The largest absolute Gasteiger partial charge is 0.493 e. The number of ether oxygens (including phenoxy) is 2. The molecule has 0 radical (unpaired) electrons. The molecule has 0 aromatic heterocycles. The molecule has 0 aliphatic carbocycles. The van der Waals surface area contributed by atoms with Gasteiger partial charge in [0.25, 0.3) is 11.8 Å². The van der Waals surface area contributed by atoms with Crippen LogP contribution < -0.4 is 20.2 Å². The molecule has 8 nitrogen and oxygen atoms in total. The Hall–Kier alpha value is -3.62. The van der Waals surface area contributed by atoms with Gasteiger partial charge in [-0.15, -0.1) is 0 Å². The number of amides is 2. The van der Waals surface area contributed by atoms with E-state index in [1.807, 2.05) is 32.0 Å². The number of nitriles is 1. The summed E-state index contributed by atoms with van der Waals surface area (Å²) in [5.41, 5.74) is 4.88. The third kappa shape index (κ3) is 7.69. The van der Waals surface area contributed by atoms with E-state index in [4.69, 9.17) is 21.1 Å². The molecule has 0 fully saturated rings. The summed E-state index contributed by atoms with van der Waals surface area (Å²) >= 11 is 8.01. The number of rotatable bonds is 10. The summed E-state index contributed by atoms with van der Waals surface area (Å²) in [7, 11) is 1.53. The molecule has 0 saturated carbocycles. The van der Waals surface area contributed by atoms with Gasteiger partial charge in [0, 0.05) is 16.1 Å². The third-order valence-corrected chi connectivity index (χ3v) is 6.55. The molecule has 3 aromatic carbocycles. The van der Waals surface area contributed by atoms with Gasteiger partial charge >= 0.3 is 0 Å². The summed E-state index contributed by atoms with van der Waals surface area (Å²) in [6, 6.07) is 18.6. The number of hydrogen-bond donors (Lipinski definition) is 2. The van der Waals surface area contributed by atoms with Crippen LogP contribution in [0.1, 0.15) is 40.9 Å². The van der Waals surface area contributed by atoms with Gasteiger partial charge in [0.15, 0.2) is 11.5 Å². The van der Waals surface area contributed by atoms with Gasteiger partial charge in [0.2, 0.25) is 0 Å². The Morgan fingerprint density at radius 2 is 1.87 bits per heavy atom. The molecule has 0 saturated heterocycles. The van der Waals surface area contributed by atoms with Gasteiger partial charge < -0.3 is 14.8 Å². The summed E-state index contributed by atoms with van der Waals surface area (Å²) in [5.74, 6) is 0.00871. The lowest BCUT2D eigenvalue weighted by Gasteiger charge is -2.20. The monoisotopic (exact) mass is 644 g/mol. The average Bonchev–Trinajstić information content (AvgIpc) is 2.90. The lowest BCUT2D eigenvalue weighted by Crippen LogP contribution is -2.48. The molecule has 196 valence electrons. The number of hydrazone groups is 1. The second-order valence-corrected chi connectivity index (χ2v) is 10.1. The third-order valence-electron chi connectivity index (χ3n) is 5.49. The number of hydrogen-bond acceptors (Lipinski definition) is 6. The molecule has 0 bridgehead atoms. The van der Waals surface area contributed by atoms with E-state index in [9.17, 15) is 14.9 Å². The molecule has 3 rings (SSSR count). The minimum absolute atomic E-state index is 0.176. The Bertz CT molecular complexity index is 1370. The van der Waals surface area contributed by atoms with Gasteiger partial charge in [-0.25, -0.2) is 5.43 Å². The zero-order valence-corrected chi connectivity index (χ0v) is 23.9. The highest BCUT2D eigenvalue weighted by molar-refractivity contribution is 14.1. The van der Waals surface area contributed by atoms with Crippen LogP contribution in [0.4, 0.5) is 0 Å². The first-order chi connectivity index (χ1) is 18.2. The van der Waals surface area contributed by atoms with Crippen LogP contribution in [0.2, 0.25) is 5.02 Å². The fraction of sp³-hybridized carbons (Fsp3) is 0.214. The van der Waals surface area contributed by atoms with Gasteiger partial charge in [-0.1, -0.05) is 43.6 Å². The topological polar surface area (TPSA) is 113 Å². The van der Waals surface area contributed by atoms with Crippen LogP contribution in [-0.2, 0) is 11.4 Å². The van der Waals surface area contributed by atoms with E-state index in [1.165, 1.54) is 13.3 Å². The molecule has 0 aliphatic heterocycles. The maximum absolute atomic E-state index is 12.8. The van der Waals surface area contributed by atoms with Crippen LogP contribution in [0.15, 0.2) is 65.8 Å². The van der Waals surface area contributed by atoms with Gasteiger partial charge in [0.05, 0.1) is 28.5 Å². The smallest absolute Gasteiger partial charge is 0.262 e. The van der Waals surface area contributed by atoms with E-state index in [0.29, 0.717) is 33.2 Å². The molecule has 1 atom stereocenters. The number of halogens is 2. The zero-order chi connectivity index (χ0) is 27.7. The molecule has 2 amide bonds. The van der Waals surface area contributed by atoms with Crippen molar-refractivity contribution in [1.82, 2.24) is 10.7 Å². The maximum atomic E-state index is 12.8. The molecule has 1 unspecified atom stereocenters. The fourth-order valence-corrected chi connectivity index (χ4v) is 4.37. The molecular weight excluding hydrogens is 619 g/mol. The van der Waals surface area contributed by atoms with Gasteiger partial charge in [-0.3, -0.25) is 9.59 Å². The minimum atomic E-state index is -0.794. The SMILES string of the molecule is COc1cc(C=NNC(=O)C(NC(=O)c2ccc(Cl)cc2)C(C)C)cc(I)c1OCc1ccccc1C#N. The van der Waals surface area contributed by atoms with Crippen molar-refractivity contribution in [2.45, 2.75) is 26.5 Å². The van der Waals surface area contributed by atoms with Crippen LogP contribution in [0.3, 0.4) is 0 Å². The first kappa shape index (κ1) is 28.9. The van der Waals surface area contributed by atoms with Gasteiger partial charge in [-0.05, 0) is 76.5 Å². The summed E-state index contributed by atoms with van der Waals surface area (Å²) in [6.07, 6.45) is 1.48. The number of carbonyl (C=O) groups is 2. The van der Waals surface area contributed by atoms with Crippen molar-refractivity contribution in [3.05, 3.63) is 91.5 Å². The predicted molar refractivity (Wildman–Crippen MR) is 154 cm³/mol. The van der Waals surface area contributed by atoms with E-state index in [-0.39, 0.29) is 18.4 Å². The number of carbonyl (C=O) groups excluding carboxylic acids is 2. The normalized spacial score (nSPS) is 11.6. The molecule has 2 N–H and O–H groups in total. The summed E-state index contributed by atoms with van der Waals surface area (Å²) < 4.78 is 12.2. The van der Waals surface area contributed by atoms with Crippen molar-refractivity contribution in [2.24, 2.45) is 11.0 Å². The zero-order valence-electron chi connectivity index (χ0n) is 21.0. The average molecular weight is 645 g/mol. The Morgan fingerprint density at radius 1 is 1.16 bits per heavy atom. The predicted octanol–water partition coefficient (Wildman–Crippen LogP) is 5.31. The van der Waals surface area contributed by atoms with Crippen LogP contribution >= 0.6 is 34.2 Å². The van der Waals surface area contributed by atoms with Crippen LogP contribution in [-0.4, -0.2) is 31.2 Å². The number of methoxy groups -OCH3 is 1. The highest BCUT2D eigenvalue weighted by atomic mass is 127. The Balaban J connectivity index is 1.67. The van der Waals surface area contributed by atoms with E-state index < -0.39 is 11.9 Å². The van der Waals surface area contributed by atoms with E-state index in [1.54, 1.807) is 42.5 Å². The first-order valence-corrected chi connectivity index (χ1v) is 13.1. The van der Waals surface area contributed by atoms with Crippen molar-refractivity contribution < 1.29 is 19.1 Å². The van der Waals surface area contributed by atoms with E-state index in [0.717, 1.165) is 9.13 Å². The number of nitrogens with zero attached hydrogens (tertiary/aromatic N) is 2. The number of benzene rings is 3. The maximum Gasteiger partial charge on any atom is 0.262 e. The summed E-state index contributed by atoms with van der Waals surface area (Å²) in [5, 5.41) is 16.6. The quantitative estimate of drug-likeness (QED) is 0.177. The Kier molecular flexibility index (Phi) is 10.5. The molecular formula is C28H26ClIN4O4.